The van der Waals surface area contributed by atoms with Crippen molar-refractivity contribution >= 4 is 35.2 Å². The van der Waals surface area contributed by atoms with Gasteiger partial charge in [0.1, 0.15) is 11.6 Å². The molecule has 31 heavy (non-hydrogen) atoms. The zero-order chi connectivity index (χ0) is 22.8. The van der Waals surface area contributed by atoms with Crippen LogP contribution in [0.25, 0.3) is 0 Å². The fourth-order valence-electron chi connectivity index (χ4n) is 4.19. The van der Waals surface area contributed by atoms with E-state index < -0.39 is 29.9 Å². The SMILES string of the molecule is CC(C)(C)OC(=O)N1CCC[C@H]1C(=O)N1CCO[C@H](CCO)C1c1ccc(Cl)c(Cl)c1. The first kappa shape index (κ1) is 24.1. The first-order chi connectivity index (χ1) is 14.6. The minimum atomic E-state index is -0.638. The maximum absolute atomic E-state index is 13.7. The zero-order valence-electron chi connectivity index (χ0n) is 18.1. The number of aliphatic hydroxyl groups excluding tert-OH is 1. The van der Waals surface area contributed by atoms with E-state index in [1.165, 1.54) is 4.90 Å². The number of carbonyl (C=O) groups is 2. The summed E-state index contributed by atoms with van der Waals surface area (Å²) >= 11 is 12.3. The van der Waals surface area contributed by atoms with Gasteiger partial charge in [0.05, 0.1) is 28.8 Å². The molecule has 0 saturated carbocycles. The molecule has 2 amide bonds. The van der Waals surface area contributed by atoms with Gasteiger partial charge in [0.15, 0.2) is 0 Å². The Labute approximate surface area is 193 Å². The summed E-state index contributed by atoms with van der Waals surface area (Å²) in [5.41, 5.74) is 0.142. The van der Waals surface area contributed by atoms with Gasteiger partial charge < -0.3 is 19.5 Å². The summed E-state index contributed by atoms with van der Waals surface area (Å²) in [6.07, 6.45) is 0.812. The van der Waals surface area contributed by atoms with E-state index in [0.717, 1.165) is 12.0 Å². The molecule has 3 rings (SSSR count). The number of carbonyl (C=O) groups excluding carboxylic acids is 2. The Balaban J connectivity index is 1.89. The minimum absolute atomic E-state index is 0.0714. The van der Waals surface area contributed by atoms with Crippen molar-refractivity contribution in [3.05, 3.63) is 33.8 Å². The van der Waals surface area contributed by atoms with Crippen molar-refractivity contribution in [3.63, 3.8) is 0 Å². The largest absolute Gasteiger partial charge is 0.444 e. The van der Waals surface area contributed by atoms with Gasteiger partial charge in [-0.15, -0.1) is 0 Å². The van der Waals surface area contributed by atoms with Gasteiger partial charge in [0.25, 0.3) is 0 Å². The van der Waals surface area contributed by atoms with Gasteiger partial charge in [0, 0.05) is 19.7 Å². The lowest BCUT2D eigenvalue weighted by atomic mass is 9.95. The molecule has 3 atom stereocenters. The number of likely N-dealkylation sites (tertiary alicyclic amines) is 1. The van der Waals surface area contributed by atoms with E-state index >= 15 is 0 Å². The van der Waals surface area contributed by atoms with Crippen LogP contribution in [0.2, 0.25) is 10.0 Å². The molecular weight excluding hydrogens is 443 g/mol. The summed E-state index contributed by atoms with van der Waals surface area (Å²) in [5, 5.41) is 10.3. The quantitative estimate of drug-likeness (QED) is 0.714. The Morgan fingerprint density at radius 2 is 1.94 bits per heavy atom. The second-order valence-corrected chi connectivity index (χ2v) is 9.72. The molecule has 1 aromatic carbocycles. The van der Waals surface area contributed by atoms with Gasteiger partial charge in [-0.25, -0.2) is 4.79 Å². The lowest BCUT2D eigenvalue weighted by Gasteiger charge is -2.43. The number of nitrogens with zero attached hydrogens (tertiary/aromatic N) is 2. The van der Waals surface area contributed by atoms with Crippen LogP contribution < -0.4 is 0 Å². The highest BCUT2D eigenvalue weighted by Crippen LogP contribution is 2.36. The predicted octanol–water partition coefficient (Wildman–Crippen LogP) is 4.04. The Morgan fingerprint density at radius 3 is 2.58 bits per heavy atom. The van der Waals surface area contributed by atoms with Crippen molar-refractivity contribution in [3.8, 4) is 0 Å². The molecule has 2 heterocycles. The maximum atomic E-state index is 13.7. The van der Waals surface area contributed by atoms with Gasteiger partial charge in [-0.1, -0.05) is 29.3 Å². The van der Waals surface area contributed by atoms with Crippen LogP contribution >= 0.6 is 23.2 Å². The van der Waals surface area contributed by atoms with E-state index in [1.807, 2.05) is 6.07 Å². The average molecular weight is 473 g/mol. The van der Waals surface area contributed by atoms with E-state index in [-0.39, 0.29) is 12.5 Å². The van der Waals surface area contributed by atoms with Crippen molar-refractivity contribution < 1.29 is 24.2 Å². The average Bonchev–Trinajstić information content (AvgIpc) is 3.18. The van der Waals surface area contributed by atoms with Crippen LogP contribution in [0, 0.1) is 0 Å². The van der Waals surface area contributed by atoms with E-state index in [1.54, 1.807) is 37.8 Å². The summed E-state index contributed by atoms with van der Waals surface area (Å²) in [5.74, 6) is -0.148. The topological polar surface area (TPSA) is 79.3 Å². The third-order valence-corrected chi connectivity index (χ3v) is 6.24. The molecule has 9 heteroatoms. The molecule has 0 aliphatic carbocycles. The number of rotatable bonds is 4. The second-order valence-electron chi connectivity index (χ2n) is 8.90. The fourth-order valence-corrected chi connectivity index (χ4v) is 4.50. The number of morpholine rings is 1. The summed E-state index contributed by atoms with van der Waals surface area (Å²) < 4.78 is 11.4. The maximum Gasteiger partial charge on any atom is 0.410 e. The smallest absolute Gasteiger partial charge is 0.410 e. The van der Waals surface area contributed by atoms with Crippen molar-refractivity contribution in [2.24, 2.45) is 0 Å². The van der Waals surface area contributed by atoms with Crippen LogP contribution in [-0.4, -0.2) is 71.0 Å². The first-order valence-corrected chi connectivity index (χ1v) is 11.4. The molecule has 172 valence electrons. The van der Waals surface area contributed by atoms with Crippen LogP contribution in [0.15, 0.2) is 18.2 Å². The van der Waals surface area contributed by atoms with Crippen molar-refractivity contribution in [2.45, 2.75) is 63.8 Å². The summed E-state index contributed by atoms with van der Waals surface area (Å²) in [6.45, 7) is 6.56. The molecule has 7 nitrogen and oxygen atoms in total. The summed E-state index contributed by atoms with van der Waals surface area (Å²) in [7, 11) is 0. The fraction of sp³-hybridized carbons (Fsp3) is 0.636. The number of halogens is 2. The molecule has 1 unspecified atom stereocenters. The van der Waals surface area contributed by atoms with Crippen molar-refractivity contribution in [1.29, 1.82) is 0 Å². The number of hydrogen-bond donors (Lipinski definition) is 1. The van der Waals surface area contributed by atoms with E-state index in [9.17, 15) is 14.7 Å². The van der Waals surface area contributed by atoms with Crippen LogP contribution in [0.1, 0.15) is 51.6 Å². The number of benzene rings is 1. The first-order valence-electron chi connectivity index (χ1n) is 10.6. The lowest BCUT2D eigenvalue weighted by molar-refractivity contribution is -0.152. The molecule has 2 aliphatic rings. The van der Waals surface area contributed by atoms with E-state index in [4.69, 9.17) is 32.7 Å². The summed E-state index contributed by atoms with van der Waals surface area (Å²) in [6, 6.07) is 4.21. The highest BCUT2D eigenvalue weighted by Gasteiger charge is 2.43. The summed E-state index contributed by atoms with van der Waals surface area (Å²) in [4.78, 5) is 29.6. The van der Waals surface area contributed by atoms with E-state index in [2.05, 4.69) is 0 Å². The standard InChI is InChI=1S/C22H30Cl2N2O5/c1-22(2,3)31-21(29)25-9-4-5-17(25)20(28)26-10-12-30-18(8-11-27)19(26)14-6-7-15(23)16(24)13-14/h6-7,13,17-19,27H,4-5,8-12H2,1-3H3/t17-,18+,19?/m0/s1. The van der Waals surface area contributed by atoms with Crippen LogP contribution in [0.3, 0.4) is 0 Å². The Hall–Kier alpha value is -1.54. The third kappa shape index (κ3) is 5.64. The molecule has 2 saturated heterocycles. The van der Waals surface area contributed by atoms with Crippen LogP contribution in [0.5, 0.6) is 0 Å². The van der Waals surface area contributed by atoms with Gasteiger partial charge in [0.2, 0.25) is 5.91 Å². The van der Waals surface area contributed by atoms with Crippen molar-refractivity contribution in [1.82, 2.24) is 9.80 Å². The predicted molar refractivity (Wildman–Crippen MR) is 118 cm³/mol. The molecular formula is C22H30Cl2N2O5. The van der Waals surface area contributed by atoms with Gasteiger partial charge in [-0.2, -0.15) is 0 Å². The molecule has 2 fully saturated rings. The number of ether oxygens (including phenoxy) is 2. The minimum Gasteiger partial charge on any atom is -0.444 e. The highest BCUT2D eigenvalue weighted by molar-refractivity contribution is 6.42. The third-order valence-electron chi connectivity index (χ3n) is 5.50. The lowest BCUT2D eigenvalue weighted by Crippen LogP contribution is -2.55. The molecule has 1 N–H and O–H groups in total. The van der Waals surface area contributed by atoms with Gasteiger partial charge >= 0.3 is 6.09 Å². The molecule has 0 bridgehead atoms. The molecule has 0 radical (unpaired) electrons. The van der Waals surface area contributed by atoms with Crippen LogP contribution in [0.4, 0.5) is 4.79 Å². The molecule has 1 aromatic rings. The van der Waals surface area contributed by atoms with Gasteiger partial charge in [-0.3, -0.25) is 9.69 Å². The van der Waals surface area contributed by atoms with Gasteiger partial charge in [-0.05, 0) is 57.7 Å². The Kier molecular flexibility index (Phi) is 7.73. The highest BCUT2D eigenvalue weighted by atomic mass is 35.5. The zero-order valence-corrected chi connectivity index (χ0v) is 19.7. The monoisotopic (exact) mass is 472 g/mol. The number of hydrogen-bond acceptors (Lipinski definition) is 5. The Morgan fingerprint density at radius 1 is 1.19 bits per heavy atom. The normalized spacial score (nSPS) is 24.4. The van der Waals surface area contributed by atoms with Crippen molar-refractivity contribution in [2.75, 3.05) is 26.3 Å². The molecule has 0 spiro atoms. The number of aliphatic hydroxyl groups is 1. The molecule has 2 aliphatic heterocycles. The second kappa shape index (κ2) is 9.94. The van der Waals surface area contributed by atoms with E-state index in [0.29, 0.717) is 42.6 Å². The Bertz CT molecular complexity index is 812. The molecule has 0 aromatic heterocycles. The number of amides is 2. The van der Waals surface area contributed by atoms with Crippen LogP contribution in [-0.2, 0) is 14.3 Å².